The van der Waals surface area contributed by atoms with E-state index in [1.807, 2.05) is 0 Å². The quantitative estimate of drug-likeness (QED) is 0.412. The Hall–Kier alpha value is -2.15. The Morgan fingerprint density at radius 2 is 2.12 bits per heavy atom. The van der Waals surface area contributed by atoms with Crippen LogP contribution in [0, 0.1) is 10.1 Å². The van der Waals surface area contributed by atoms with Crippen LogP contribution in [0.2, 0.25) is 0 Å². The van der Waals surface area contributed by atoms with Gasteiger partial charge >= 0.3 is 0 Å². The maximum atomic E-state index is 11.8. The molecule has 0 heterocycles. The van der Waals surface area contributed by atoms with Crippen molar-refractivity contribution in [1.82, 2.24) is 5.32 Å². The molecule has 7 nitrogen and oxygen atoms in total. The van der Waals surface area contributed by atoms with Crippen LogP contribution in [-0.4, -0.2) is 16.9 Å². The second-order valence-electron chi connectivity index (χ2n) is 3.76. The van der Waals surface area contributed by atoms with Gasteiger partial charge in [-0.05, 0) is 26.0 Å². The lowest BCUT2D eigenvalue weighted by molar-refractivity contribution is -0.385. The molecule has 0 aliphatic heterocycles. The molecule has 0 unspecified atom stereocenters. The monoisotopic (exact) mass is 238 g/mol. The lowest BCUT2D eigenvalue weighted by atomic mass is 10.1. The second kappa shape index (κ2) is 5.26. The highest BCUT2D eigenvalue weighted by molar-refractivity contribution is 5.99. The number of nitrogens with zero attached hydrogens (tertiary/aromatic N) is 1. The number of nitrogen functional groups attached to an aromatic ring is 1. The van der Waals surface area contributed by atoms with Gasteiger partial charge in [0.1, 0.15) is 5.56 Å². The van der Waals surface area contributed by atoms with Gasteiger partial charge in [-0.25, -0.2) is 0 Å². The summed E-state index contributed by atoms with van der Waals surface area (Å²) in [5.74, 6) is 4.70. The maximum Gasteiger partial charge on any atom is 0.282 e. The van der Waals surface area contributed by atoms with Gasteiger partial charge in [-0.1, -0.05) is 0 Å². The summed E-state index contributed by atoms with van der Waals surface area (Å²) in [6, 6.07) is 3.92. The zero-order valence-corrected chi connectivity index (χ0v) is 9.56. The fourth-order valence-corrected chi connectivity index (χ4v) is 1.31. The summed E-state index contributed by atoms with van der Waals surface area (Å²) in [4.78, 5) is 21.9. The molecule has 0 bridgehead atoms. The third kappa shape index (κ3) is 3.15. The van der Waals surface area contributed by atoms with Crippen LogP contribution in [0.15, 0.2) is 18.2 Å². The number of hydrazine groups is 1. The van der Waals surface area contributed by atoms with Gasteiger partial charge in [-0.3, -0.25) is 20.8 Å². The molecule has 1 amide bonds. The summed E-state index contributed by atoms with van der Waals surface area (Å²) >= 11 is 0. The van der Waals surface area contributed by atoms with Crippen LogP contribution in [-0.2, 0) is 0 Å². The van der Waals surface area contributed by atoms with Gasteiger partial charge in [0.2, 0.25) is 0 Å². The molecular weight excluding hydrogens is 224 g/mol. The van der Waals surface area contributed by atoms with Crippen LogP contribution in [0.25, 0.3) is 0 Å². The number of hydrogen-bond acceptors (Lipinski definition) is 5. The molecule has 0 fully saturated rings. The smallest absolute Gasteiger partial charge is 0.282 e. The van der Waals surface area contributed by atoms with Crippen LogP contribution in [0.3, 0.4) is 0 Å². The van der Waals surface area contributed by atoms with E-state index < -0.39 is 10.8 Å². The van der Waals surface area contributed by atoms with E-state index in [1.54, 1.807) is 13.8 Å². The number of rotatable bonds is 4. The normalized spacial score (nSPS) is 10.1. The fraction of sp³-hybridized carbons (Fsp3) is 0.300. The number of amides is 1. The highest BCUT2D eigenvalue weighted by atomic mass is 16.6. The van der Waals surface area contributed by atoms with Crippen molar-refractivity contribution in [3.8, 4) is 0 Å². The van der Waals surface area contributed by atoms with E-state index in [1.165, 1.54) is 18.2 Å². The molecule has 4 N–H and O–H groups in total. The summed E-state index contributed by atoms with van der Waals surface area (Å²) in [6.45, 7) is 3.55. The number of anilines is 1. The zero-order valence-electron chi connectivity index (χ0n) is 9.56. The first-order valence-corrected chi connectivity index (χ1v) is 5.01. The Bertz CT molecular complexity index is 445. The molecule has 1 rings (SSSR count). The number of nitrogens with two attached hydrogens (primary N) is 1. The predicted molar refractivity (Wildman–Crippen MR) is 63.5 cm³/mol. The Balaban J connectivity index is 3.17. The zero-order chi connectivity index (χ0) is 13.0. The van der Waals surface area contributed by atoms with Crippen molar-refractivity contribution < 1.29 is 9.72 Å². The van der Waals surface area contributed by atoms with Crippen molar-refractivity contribution >= 4 is 17.3 Å². The third-order valence-corrected chi connectivity index (χ3v) is 2.02. The number of hydrogen-bond donors (Lipinski definition) is 3. The molecule has 0 saturated carbocycles. The minimum Gasteiger partial charge on any atom is -0.350 e. The molecule has 0 aliphatic carbocycles. The van der Waals surface area contributed by atoms with Gasteiger partial charge < -0.3 is 10.7 Å². The molecule has 0 radical (unpaired) electrons. The topological polar surface area (TPSA) is 110 Å². The molecule has 0 spiro atoms. The van der Waals surface area contributed by atoms with Crippen molar-refractivity contribution in [3.63, 3.8) is 0 Å². The van der Waals surface area contributed by atoms with E-state index in [9.17, 15) is 14.9 Å². The molecule has 1 aromatic carbocycles. The van der Waals surface area contributed by atoms with Crippen LogP contribution >= 0.6 is 0 Å². The maximum absolute atomic E-state index is 11.8. The minimum atomic E-state index is -0.602. The lowest BCUT2D eigenvalue weighted by Gasteiger charge is -2.09. The molecule has 0 atom stereocenters. The molecule has 0 saturated heterocycles. The molecule has 7 heteroatoms. The molecule has 0 aromatic heterocycles. The van der Waals surface area contributed by atoms with Crippen LogP contribution in [0.1, 0.15) is 24.2 Å². The molecule has 92 valence electrons. The standard InChI is InChI=1S/C10H14N4O3/c1-6(2)12-10(15)8-5-7(13-11)3-4-9(8)14(16)17/h3-6,13H,11H2,1-2H3,(H,12,15). The summed E-state index contributed by atoms with van der Waals surface area (Å²) in [5, 5.41) is 13.4. The number of nitro benzene ring substituents is 1. The molecule has 1 aromatic rings. The van der Waals surface area contributed by atoms with Crippen LogP contribution in [0.5, 0.6) is 0 Å². The minimum absolute atomic E-state index is 0.0147. The lowest BCUT2D eigenvalue weighted by Crippen LogP contribution is -2.30. The Morgan fingerprint density at radius 3 is 2.59 bits per heavy atom. The van der Waals surface area contributed by atoms with Crippen LogP contribution in [0.4, 0.5) is 11.4 Å². The van der Waals surface area contributed by atoms with E-state index in [0.717, 1.165) is 0 Å². The van der Waals surface area contributed by atoms with Gasteiger partial charge in [0.15, 0.2) is 0 Å². The van der Waals surface area contributed by atoms with Gasteiger partial charge in [0.25, 0.3) is 11.6 Å². The predicted octanol–water partition coefficient (Wildman–Crippen LogP) is 1.02. The summed E-state index contributed by atoms with van der Waals surface area (Å²) in [5.41, 5.74) is 2.51. The number of benzene rings is 1. The third-order valence-electron chi connectivity index (χ3n) is 2.02. The number of nitrogens with one attached hydrogen (secondary N) is 2. The first-order chi connectivity index (χ1) is 7.95. The van der Waals surface area contributed by atoms with E-state index in [4.69, 9.17) is 5.84 Å². The van der Waals surface area contributed by atoms with E-state index in [-0.39, 0.29) is 17.3 Å². The fourth-order valence-electron chi connectivity index (χ4n) is 1.31. The summed E-state index contributed by atoms with van der Waals surface area (Å²) in [6.07, 6.45) is 0. The highest BCUT2D eigenvalue weighted by Gasteiger charge is 2.20. The molecular formula is C10H14N4O3. The van der Waals surface area contributed by atoms with E-state index in [2.05, 4.69) is 10.7 Å². The van der Waals surface area contributed by atoms with Crippen LogP contribution < -0.4 is 16.6 Å². The molecule has 17 heavy (non-hydrogen) atoms. The highest BCUT2D eigenvalue weighted by Crippen LogP contribution is 2.22. The Labute approximate surface area is 98.1 Å². The Morgan fingerprint density at radius 1 is 1.47 bits per heavy atom. The number of carbonyl (C=O) groups is 1. The van der Waals surface area contributed by atoms with Crippen molar-refractivity contribution in [2.24, 2.45) is 5.84 Å². The Kier molecular flexibility index (Phi) is 4.00. The summed E-state index contributed by atoms with van der Waals surface area (Å²) in [7, 11) is 0. The molecule has 0 aliphatic rings. The van der Waals surface area contributed by atoms with E-state index in [0.29, 0.717) is 5.69 Å². The van der Waals surface area contributed by atoms with Gasteiger partial charge in [0, 0.05) is 17.8 Å². The largest absolute Gasteiger partial charge is 0.350 e. The average Bonchev–Trinajstić information content (AvgIpc) is 2.27. The first-order valence-electron chi connectivity index (χ1n) is 5.01. The van der Waals surface area contributed by atoms with Gasteiger partial charge in [-0.15, -0.1) is 0 Å². The van der Waals surface area contributed by atoms with Gasteiger partial charge in [0.05, 0.1) is 4.92 Å². The SMILES string of the molecule is CC(C)NC(=O)c1cc(NN)ccc1[N+](=O)[O-]. The van der Waals surface area contributed by atoms with E-state index >= 15 is 0 Å². The second-order valence-corrected chi connectivity index (χ2v) is 3.76. The number of nitro groups is 1. The van der Waals surface area contributed by atoms with Crippen molar-refractivity contribution in [1.29, 1.82) is 0 Å². The summed E-state index contributed by atoms with van der Waals surface area (Å²) < 4.78 is 0. The van der Waals surface area contributed by atoms with Crippen molar-refractivity contribution in [2.45, 2.75) is 19.9 Å². The van der Waals surface area contributed by atoms with Crippen molar-refractivity contribution in [3.05, 3.63) is 33.9 Å². The number of carbonyl (C=O) groups excluding carboxylic acids is 1. The van der Waals surface area contributed by atoms with Gasteiger partial charge in [-0.2, -0.15) is 0 Å². The first kappa shape index (κ1) is 12.9. The average molecular weight is 238 g/mol. The van der Waals surface area contributed by atoms with Crippen molar-refractivity contribution in [2.75, 3.05) is 5.43 Å².